The molecule has 2 aliphatic rings. The van der Waals surface area contributed by atoms with E-state index in [0.717, 1.165) is 26.2 Å². The van der Waals surface area contributed by atoms with Crippen molar-refractivity contribution in [3.05, 3.63) is 24.0 Å². The number of hydrogen-bond acceptors (Lipinski definition) is 6. The molecule has 0 aliphatic carbocycles. The van der Waals surface area contributed by atoms with Gasteiger partial charge in [0.05, 0.1) is 17.9 Å². The summed E-state index contributed by atoms with van der Waals surface area (Å²) < 4.78 is 19.7. The predicted octanol–water partition coefficient (Wildman–Crippen LogP) is 0.488. The number of rotatable bonds is 5. The molecule has 0 radical (unpaired) electrons. The van der Waals surface area contributed by atoms with Crippen molar-refractivity contribution in [1.82, 2.24) is 10.6 Å². The third-order valence-corrected chi connectivity index (χ3v) is 4.22. The smallest absolute Gasteiger partial charge is 0.414 e. The van der Waals surface area contributed by atoms with Gasteiger partial charge in [0.15, 0.2) is 0 Å². The summed E-state index contributed by atoms with van der Waals surface area (Å²) in [6.45, 7) is 5.45. The van der Waals surface area contributed by atoms with Gasteiger partial charge in [0, 0.05) is 32.7 Å². The van der Waals surface area contributed by atoms with Crippen LogP contribution in [-0.2, 0) is 4.74 Å². The van der Waals surface area contributed by atoms with Crippen LogP contribution in [0, 0.1) is 5.82 Å². The third kappa shape index (κ3) is 3.77. The first-order valence-corrected chi connectivity index (χ1v) is 8.19. The van der Waals surface area contributed by atoms with Gasteiger partial charge in [-0.25, -0.2) is 9.18 Å². The fraction of sp³-hybridized carbons (Fsp3) is 0.562. The van der Waals surface area contributed by atoms with Crippen molar-refractivity contribution in [3.8, 4) is 0 Å². The van der Waals surface area contributed by atoms with E-state index >= 15 is 0 Å². The Morgan fingerprint density at radius 2 is 2.21 bits per heavy atom. The molecule has 1 aromatic carbocycles. The Labute approximate surface area is 140 Å². The summed E-state index contributed by atoms with van der Waals surface area (Å²) in [5.41, 5.74) is 1.04. The Kier molecular flexibility index (Phi) is 5.17. The molecule has 0 spiro atoms. The zero-order valence-corrected chi connectivity index (χ0v) is 13.7. The molecule has 0 aromatic heterocycles. The van der Waals surface area contributed by atoms with Crippen molar-refractivity contribution in [3.63, 3.8) is 0 Å². The zero-order chi connectivity index (χ0) is 17.1. The molecule has 24 heavy (non-hydrogen) atoms. The van der Waals surface area contributed by atoms with Crippen molar-refractivity contribution >= 4 is 17.5 Å². The fourth-order valence-electron chi connectivity index (χ4n) is 2.97. The van der Waals surface area contributed by atoms with Crippen LogP contribution in [0.1, 0.15) is 6.92 Å². The van der Waals surface area contributed by atoms with Gasteiger partial charge in [-0.2, -0.15) is 0 Å². The molecule has 2 saturated heterocycles. The highest BCUT2D eigenvalue weighted by molar-refractivity contribution is 5.90. The van der Waals surface area contributed by atoms with Crippen molar-refractivity contribution in [2.75, 3.05) is 49.1 Å². The summed E-state index contributed by atoms with van der Waals surface area (Å²) in [6.07, 6.45) is -1.54. The Bertz CT molecular complexity index is 593. The van der Waals surface area contributed by atoms with E-state index in [1.807, 2.05) is 4.90 Å². The Balaban J connectivity index is 1.68. The van der Waals surface area contributed by atoms with Gasteiger partial charge in [0.25, 0.3) is 0 Å². The van der Waals surface area contributed by atoms with Gasteiger partial charge >= 0.3 is 6.09 Å². The molecule has 1 aromatic rings. The Morgan fingerprint density at radius 3 is 2.88 bits per heavy atom. The summed E-state index contributed by atoms with van der Waals surface area (Å²) in [6, 6.07) is 4.83. The average Bonchev–Trinajstić information content (AvgIpc) is 2.94. The molecule has 2 heterocycles. The number of carbonyl (C=O) groups excluding carboxylic acids is 1. The van der Waals surface area contributed by atoms with Gasteiger partial charge in [-0.15, -0.1) is 0 Å². The molecule has 1 unspecified atom stereocenters. The summed E-state index contributed by atoms with van der Waals surface area (Å²) >= 11 is 0. The quantitative estimate of drug-likeness (QED) is 0.679. The molecule has 3 N–H and O–H groups in total. The normalized spacial score (nSPS) is 22.6. The molecule has 0 saturated carbocycles. The number of anilines is 2. The van der Waals surface area contributed by atoms with Crippen molar-refractivity contribution < 1.29 is 19.0 Å². The van der Waals surface area contributed by atoms with E-state index in [2.05, 4.69) is 10.6 Å². The fourth-order valence-corrected chi connectivity index (χ4v) is 2.97. The lowest BCUT2D eigenvalue weighted by Crippen LogP contribution is -2.43. The van der Waals surface area contributed by atoms with Crippen LogP contribution in [-0.4, -0.2) is 62.8 Å². The summed E-state index contributed by atoms with van der Waals surface area (Å²) in [7, 11) is 0. The molecule has 3 rings (SSSR count). The number of piperazine rings is 1. The Hall–Kier alpha value is -1.90. The standard InChI is InChI=1S/C16H23FN4O3/c1-11(22)19-9-13-10-21(16(23)24-13)12-2-3-15(14(17)8-12)20-6-4-18-5-7-20/h2-3,8,11,13,18-19,22H,4-7,9-10H2,1H3/t11?,13-/m0/s1. The maximum absolute atomic E-state index is 14.5. The molecule has 1 amide bonds. The largest absolute Gasteiger partial charge is 0.443 e. The molecular formula is C16H23FN4O3. The first-order chi connectivity index (χ1) is 11.5. The van der Waals surface area contributed by atoms with E-state index in [1.165, 1.54) is 11.0 Å². The minimum Gasteiger partial charge on any atom is -0.443 e. The number of nitrogens with zero attached hydrogens (tertiary/aromatic N) is 2. The number of ether oxygens (including phenoxy) is 1. The number of benzene rings is 1. The van der Waals surface area contributed by atoms with Gasteiger partial charge in [0.1, 0.15) is 18.1 Å². The van der Waals surface area contributed by atoms with E-state index in [9.17, 15) is 14.3 Å². The second-order valence-corrected chi connectivity index (χ2v) is 6.07. The average molecular weight is 338 g/mol. The van der Waals surface area contributed by atoms with Crippen LogP contribution in [0.2, 0.25) is 0 Å². The van der Waals surface area contributed by atoms with Crippen molar-refractivity contribution in [2.24, 2.45) is 0 Å². The van der Waals surface area contributed by atoms with E-state index in [-0.39, 0.29) is 11.9 Å². The highest BCUT2D eigenvalue weighted by Gasteiger charge is 2.32. The van der Waals surface area contributed by atoms with Crippen molar-refractivity contribution in [2.45, 2.75) is 19.3 Å². The lowest BCUT2D eigenvalue weighted by molar-refractivity contribution is 0.110. The van der Waals surface area contributed by atoms with Gasteiger partial charge in [-0.1, -0.05) is 0 Å². The van der Waals surface area contributed by atoms with E-state index in [1.54, 1.807) is 19.1 Å². The van der Waals surface area contributed by atoms with Crippen LogP contribution < -0.4 is 20.4 Å². The third-order valence-electron chi connectivity index (χ3n) is 4.22. The summed E-state index contributed by atoms with van der Waals surface area (Å²) in [4.78, 5) is 15.4. The van der Waals surface area contributed by atoms with Crippen LogP contribution >= 0.6 is 0 Å². The van der Waals surface area contributed by atoms with E-state index < -0.39 is 12.3 Å². The van der Waals surface area contributed by atoms with Crippen molar-refractivity contribution in [1.29, 1.82) is 0 Å². The topological polar surface area (TPSA) is 77.1 Å². The van der Waals surface area contributed by atoms with Crippen LogP contribution in [0.5, 0.6) is 0 Å². The first kappa shape index (κ1) is 16.9. The summed E-state index contributed by atoms with van der Waals surface area (Å²) in [5.74, 6) is -0.340. The van der Waals surface area contributed by atoms with Gasteiger partial charge < -0.3 is 20.1 Å². The van der Waals surface area contributed by atoms with Crippen LogP contribution in [0.25, 0.3) is 0 Å². The second-order valence-electron chi connectivity index (χ2n) is 6.07. The molecule has 2 fully saturated rings. The number of aliphatic hydroxyl groups is 1. The molecule has 2 aliphatic heterocycles. The number of cyclic esters (lactones) is 1. The molecule has 0 bridgehead atoms. The van der Waals surface area contributed by atoms with Crippen LogP contribution in [0.4, 0.5) is 20.6 Å². The molecule has 8 heteroatoms. The van der Waals surface area contributed by atoms with E-state index in [4.69, 9.17) is 4.74 Å². The second kappa shape index (κ2) is 7.33. The van der Waals surface area contributed by atoms with Gasteiger partial charge in [0.2, 0.25) is 0 Å². The zero-order valence-electron chi connectivity index (χ0n) is 13.7. The minimum atomic E-state index is -0.673. The number of carbonyl (C=O) groups is 1. The number of hydrogen-bond donors (Lipinski definition) is 3. The first-order valence-electron chi connectivity index (χ1n) is 8.19. The number of aliphatic hydroxyl groups excluding tert-OH is 1. The molecule has 132 valence electrons. The predicted molar refractivity (Wildman–Crippen MR) is 88.8 cm³/mol. The summed E-state index contributed by atoms with van der Waals surface area (Å²) in [5, 5.41) is 15.3. The monoisotopic (exact) mass is 338 g/mol. The number of nitrogens with one attached hydrogen (secondary N) is 2. The lowest BCUT2D eigenvalue weighted by Gasteiger charge is -2.30. The maximum atomic E-state index is 14.5. The Morgan fingerprint density at radius 1 is 1.46 bits per heavy atom. The molecule has 2 atom stereocenters. The highest BCUT2D eigenvalue weighted by Crippen LogP contribution is 2.28. The number of amides is 1. The van der Waals surface area contributed by atoms with Crippen LogP contribution in [0.3, 0.4) is 0 Å². The number of halogens is 1. The van der Waals surface area contributed by atoms with Gasteiger partial charge in [-0.3, -0.25) is 10.2 Å². The highest BCUT2D eigenvalue weighted by atomic mass is 19.1. The van der Waals surface area contributed by atoms with Crippen LogP contribution in [0.15, 0.2) is 18.2 Å². The van der Waals surface area contributed by atoms with Gasteiger partial charge in [-0.05, 0) is 25.1 Å². The molecular weight excluding hydrogens is 315 g/mol. The van der Waals surface area contributed by atoms with E-state index in [0.29, 0.717) is 24.5 Å². The minimum absolute atomic E-state index is 0.324. The lowest BCUT2D eigenvalue weighted by atomic mass is 10.2. The SMILES string of the molecule is CC(O)NC[C@H]1CN(c2ccc(N3CCNCC3)c(F)c2)C(=O)O1. The maximum Gasteiger partial charge on any atom is 0.414 e. The molecule has 7 nitrogen and oxygen atoms in total.